The first-order chi connectivity index (χ1) is 9.38. The van der Waals surface area contributed by atoms with E-state index in [9.17, 15) is 4.39 Å². The van der Waals surface area contributed by atoms with Crippen LogP contribution in [0.15, 0.2) is 12.4 Å². The number of nitrogens with two attached hydrogens (primary N) is 1. The highest BCUT2D eigenvalue weighted by Gasteiger charge is 2.26. The lowest BCUT2D eigenvalue weighted by atomic mass is 10.0. The van der Waals surface area contributed by atoms with E-state index in [1.807, 2.05) is 0 Å². The highest BCUT2D eigenvalue weighted by molar-refractivity contribution is 5.54. The summed E-state index contributed by atoms with van der Waals surface area (Å²) in [5.74, 6) is 5.44. The SMILES string of the molecule is CC(C)(C)N1CCNC(C#Cc2c(N)cncc2F)C1. The lowest BCUT2D eigenvalue weighted by Crippen LogP contribution is -2.56. The molecule has 3 N–H and O–H groups in total. The molecule has 2 heterocycles. The maximum atomic E-state index is 13.6. The summed E-state index contributed by atoms with van der Waals surface area (Å²) in [6, 6.07) is 0.0231. The van der Waals surface area contributed by atoms with Gasteiger partial charge in [0.05, 0.1) is 29.7 Å². The van der Waals surface area contributed by atoms with Crippen molar-refractivity contribution >= 4 is 5.69 Å². The molecule has 1 aliphatic rings. The highest BCUT2D eigenvalue weighted by Crippen LogP contribution is 2.16. The predicted molar refractivity (Wildman–Crippen MR) is 78.6 cm³/mol. The molecule has 4 nitrogen and oxygen atoms in total. The van der Waals surface area contributed by atoms with E-state index in [2.05, 4.69) is 47.8 Å². The molecule has 1 aromatic rings. The number of nitrogens with one attached hydrogen (secondary N) is 1. The van der Waals surface area contributed by atoms with Crippen molar-refractivity contribution in [3.8, 4) is 11.8 Å². The van der Waals surface area contributed by atoms with Crippen molar-refractivity contribution in [2.75, 3.05) is 25.4 Å². The third-order valence-corrected chi connectivity index (χ3v) is 3.42. The van der Waals surface area contributed by atoms with Gasteiger partial charge in [-0.3, -0.25) is 9.88 Å². The van der Waals surface area contributed by atoms with Gasteiger partial charge in [0.25, 0.3) is 0 Å². The second-order valence-corrected chi connectivity index (χ2v) is 5.98. The Morgan fingerprint density at radius 1 is 1.45 bits per heavy atom. The van der Waals surface area contributed by atoms with Crippen molar-refractivity contribution in [3.63, 3.8) is 0 Å². The number of anilines is 1. The Kier molecular flexibility index (Phi) is 4.26. The fourth-order valence-corrected chi connectivity index (χ4v) is 2.20. The minimum atomic E-state index is -0.471. The smallest absolute Gasteiger partial charge is 0.159 e. The van der Waals surface area contributed by atoms with Gasteiger partial charge in [0, 0.05) is 25.2 Å². The van der Waals surface area contributed by atoms with Crippen LogP contribution in [0.5, 0.6) is 0 Å². The maximum Gasteiger partial charge on any atom is 0.159 e. The Hall–Kier alpha value is -1.64. The average Bonchev–Trinajstić information content (AvgIpc) is 2.37. The summed E-state index contributed by atoms with van der Waals surface area (Å²) in [4.78, 5) is 6.06. The molecular weight excluding hydrogens is 255 g/mol. The molecule has 2 rings (SSSR count). The molecule has 0 saturated carbocycles. The fraction of sp³-hybridized carbons (Fsp3) is 0.533. The van der Waals surface area contributed by atoms with Crippen LogP contribution in [0.4, 0.5) is 10.1 Å². The van der Waals surface area contributed by atoms with Crippen molar-refractivity contribution < 1.29 is 4.39 Å². The average molecular weight is 276 g/mol. The van der Waals surface area contributed by atoms with E-state index in [4.69, 9.17) is 5.73 Å². The van der Waals surface area contributed by atoms with Gasteiger partial charge in [-0.05, 0) is 20.8 Å². The molecule has 0 amide bonds. The number of hydrogen-bond acceptors (Lipinski definition) is 4. The lowest BCUT2D eigenvalue weighted by Gasteiger charge is -2.40. The van der Waals surface area contributed by atoms with E-state index in [0.29, 0.717) is 0 Å². The van der Waals surface area contributed by atoms with E-state index >= 15 is 0 Å². The van der Waals surface area contributed by atoms with Crippen LogP contribution in [0.2, 0.25) is 0 Å². The third-order valence-electron chi connectivity index (χ3n) is 3.42. The maximum absolute atomic E-state index is 13.6. The van der Waals surface area contributed by atoms with Crippen LogP contribution in [-0.4, -0.2) is 41.1 Å². The first-order valence-electron chi connectivity index (χ1n) is 6.77. The van der Waals surface area contributed by atoms with Crippen molar-refractivity contribution in [1.29, 1.82) is 0 Å². The number of nitrogen functional groups attached to an aromatic ring is 1. The molecule has 1 unspecified atom stereocenters. The Labute approximate surface area is 119 Å². The summed E-state index contributed by atoms with van der Waals surface area (Å²) in [6.45, 7) is 9.25. The molecule has 20 heavy (non-hydrogen) atoms. The molecule has 5 heteroatoms. The zero-order valence-corrected chi connectivity index (χ0v) is 12.2. The van der Waals surface area contributed by atoms with Gasteiger partial charge in [0.2, 0.25) is 0 Å². The summed E-state index contributed by atoms with van der Waals surface area (Å²) in [5.41, 5.74) is 6.32. The molecule has 1 fully saturated rings. The summed E-state index contributed by atoms with van der Waals surface area (Å²) in [5, 5.41) is 3.34. The molecule has 0 aliphatic carbocycles. The molecular formula is C15H21FN4. The van der Waals surface area contributed by atoms with Crippen molar-refractivity contribution in [2.24, 2.45) is 0 Å². The molecule has 0 bridgehead atoms. The van der Waals surface area contributed by atoms with Crippen LogP contribution >= 0.6 is 0 Å². The number of piperazine rings is 1. The summed E-state index contributed by atoms with van der Waals surface area (Å²) in [7, 11) is 0. The van der Waals surface area contributed by atoms with E-state index in [0.717, 1.165) is 25.8 Å². The second kappa shape index (κ2) is 5.78. The van der Waals surface area contributed by atoms with Gasteiger partial charge >= 0.3 is 0 Å². The lowest BCUT2D eigenvalue weighted by molar-refractivity contribution is 0.107. The molecule has 1 saturated heterocycles. The largest absolute Gasteiger partial charge is 0.396 e. The molecule has 1 aliphatic heterocycles. The van der Waals surface area contributed by atoms with Gasteiger partial charge in [0.1, 0.15) is 0 Å². The number of nitrogens with zero attached hydrogens (tertiary/aromatic N) is 2. The van der Waals surface area contributed by atoms with E-state index in [1.54, 1.807) is 0 Å². The highest BCUT2D eigenvalue weighted by atomic mass is 19.1. The van der Waals surface area contributed by atoms with Crippen LogP contribution in [-0.2, 0) is 0 Å². The van der Waals surface area contributed by atoms with Crippen LogP contribution in [0, 0.1) is 17.7 Å². The quantitative estimate of drug-likeness (QED) is 0.700. The second-order valence-electron chi connectivity index (χ2n) is 5.98. The Bertz CT molecular complexity index is 519. The minimum absolute atomic E-state index is 0.0231. The summed E-state index contributed by atoms with van der Waals surface area (Å²) < 4.78 is 13.6. The number of halogens is 1. The monoisotopic (exact) mass is 276 g/mol. The van der Waals surface area contributed by atoms with Crippen LogP contribution in [0.1, 0.15) is 26.3 Å². The van der Waals surface area contributed by atoms with Gasteiger partial charge in [-0.2, -0.15) is 0 Å². The van der Waals surface area contributed by atoms with Crippen LogP contribution in [0.25, 0.3) is 0 Å². The normalized spacial score (nSPS) is 20.3. The molecule has 1 atom stereocenters. The van der Waals surface area contributed by atoms with Gasteiger partial charge < -0.3 is 11.1 Å². The van der Waals surface area contributed by atoms with E-state index in [1.165, 1.54) is 6.20 Å². The zero-order chi connectivity index (χ0) is 14.8. The number of rotatable bonds is 0. The molecule has 0 aromatic carbocycles. The molecule has 0 spiro atoms. The standard InChI is InChI=1S/C15H21FN4/c1-15(2,3)20-7-6-19-11(10-20)4-5-12-13(16)8-18-9-14(12)17/h8-9,11,19H,6-7,10,17H2,1-3H3. The van der Waals surface area contributed by atoms with E-state index < -0.39 is 5.82 Å². The van der Waals surface area contributed by atoms with Crippen molar-refractivity contribution in [2.45, 2.75) is 32.4 Å². The fourth-order valence-electron chi connectivity index (χ4n) is 2.20. The Morgan fingerprint density at radius 2 is 2.20 bits per heavy atom. The van der Waals surface area contributed by atoms with Crippen molar-refractivity contribution in [3.05, 3.63) is 23.8 Å². The van der Waals surface area contributed by atoms with Crippen LogP contribution < -0.4 is 11.1 Å². The van der Waals surface area contributed by atoms with Gasteiger partial charge in [-0.1, -0.05) is 11.8 Å². The van der Waals surface area contributed by atoms with E-state index in [-0.39, 0.29) is 22.8 Å². The molecule has 108 valence electrons. The number of hydrogen-bond donors (Lipinski definition) is 2. The Morgan fingerprint density at radius 3 is 2.85 bits per heavy atom. The summed E-state index contributed by atoms with van der Waals surface area (Å²) >= 11 is 0. The number of pyridine rings is 1. The molecule has 1 aromatic heterocycles. The van der Waals surface area contributed by atoms with Crippen LogP contribution in [0.3, 0.4) is 0 Å². The first-order valence-corrected chi connectivity index (χ1v) is 6.77. The summed E-state index contributed by atoms with van der Waals surface area (Å²) in [6.07, 6.45) is 2.55. The first kappa shape index (κ1) is 14.8. The zero-order valence-electron chi connectivity index (χ0n) is 12.2. The topological polar surface area (TPSA) is 54.2 Å². The Balaban J connectivity index is 2.13. The van der Waals surface area contributed by atoms with Gasteiger partial charge in [-0.25, -0.2) is 4.39 Å². The predicted octanol–water partition coefficient (Wildman–Crippen LogP) is 1.23. The molecule has 0 radical (unpaired) electrons. The van der Waals surface area contributed by atoms with Gasteiger partial charge in [0.15, 0.2) is 5.82 Å². The van der Waals surface area contributed by atoms with Gasteiger partial charge in [-0.15, -0.1) is 0 Å². The third kappa shape index (κ3) is 3.47. The minimum Gasteiger partial charge on any atom is -0.396 e. The number of aromatic nitrogens is 1. The van der Waals surface area contributed by atoms with Crippen molar-refractivity contribution in [1.82, 2.24) is 15.2 Å².